The maximum atomic E-state index is 12.8. The van der Waals surface area contributed by atoms with Crippen LogP contribution in [0.5, 0.6) is 11.5 Å². The number of hydrogen-bond donors (Lipinski definition) is 0. The Kier molecular flexibility index (Phi) is 9.39. The van der Waals surface area contributed by atoms with Crippen molar-refractivity contribution in [1.82, 2.24) is 0 Å². The topological polar surface area (TPSA) is 44.8 Å². The van der Waals surface area contributed by atoms with Crippen LogP contribution in [0.2, 0.25) is 0 Å². The summed E-state index contributed by atoms with van der Waals surface area (Å²) in [6, 6.07) is 33.8. The average Bonchev–Trinajstić information content (AvgIpc) is 3.04. The van der Waals surface area contributed by atoms with Gasteiger partial charge in [0.25, 0.3) is 0 Å². The summed E-state index contributed by atoms with van der Waals surface area (Å²) in [5.41, 5.74) is 0.711. The van der Waals surface area contributed by atoms with E-state index in [0.29, 0.717) is 24.2 Å². The highest BCUT2D eigenvalue weighted by atomic mass is 127. The average molecular weight is 844 g/mol. The zero-order valence-corrected chi connectivity index (χ0v) is 30.4. The van der Waals surface area contributed by atoms with Crippen LogP contribution in [-0.2, 0) is 27.0 Å². The number of halogens is 2. The molecule has 0 aliphatic heterocycles. The lowest BCUT2D eigenvalue weighted by molar-refractivity contribution is -0.204. The lowest BCUT2D eigenvalue weighted by Crippen LogP contribution is -2.58. The van der Waals surface area contributed by atoms with Crippen molar-refractivity contribution < 1.29 is 19.0 Å². The molecule has 4 aliphatic rings. The lowest BCUT2D eigenvalue weighted by atomic mass is 9.50. The van der Waals surface area contributed by atoms with Crippen LogP contribution in [0.15, 0.2) is 112 Å². The maximum absolute atomic E-state index is 12.8. The van der Waals surface area contributed by atoms with Crippen LogP contribution < -0.4 is 9.47 Å². The van der Waals surface area contributed by atoms with Crippen LogP contribution in [0.4, 0.5) is 0 Å². The van der Waals surface area contributed by atoms with Crippen LogP contribution in [0, 0.1) is 30.8 Å². The molecule has 0 aromatic heterocycles. The molecule has 0 atom stereocenters. The summed E-state index contributed by atoms with van der Waals surface area (Å²) in [5, 5.41) is 0. The van der Waals surface area contributed by atoms with Gasteiger partial charge in [0.2, 0.25) is 0 Å². The van der Waals surface area contributed by atoms with Crippen LogP contribution in [0.3, 0.4) is 0 Å². The van der Waals surface area contributed by atoms with Gasteiger partial charge in [-0.1, -0.05) is 12.1 Å². The summed E-state index contributed by atoms with van der Waals surface area (Å²) in [6.07, 6.45) is 6.25. The van der Waals surface area contributed by atoms with Crippen molar-refractivity contribution in [2.75, 3.05) is 6.61 Å². The van der Waals surface area contributed by atoms with Gasteiger partial charge in [0, 0.05) is 7.14 Å². The lowest BCUT2D eigenvalue weighted by Gasteiger charge is -2.59. The molecule has 4 saturated carbocycles. The molecular weight excluding hydrogens is 806 g/mol. The molecule has 8 rings (SSSR count). The third kappa shape index (κ3) is 7.05. The minimum absolute atomic E-state index is 0.0594. The molecule has 4 aromatic rings. The highest BCUT2D eigenvalue weighted by Crippen LogP contribution is 2.59. The molecule has 4 fully saturated rings. The molecule has 0 saturated heterocycles. The normalized spacial score (nSPS) is 24.9. The molecule has 45 heavy (non-hydrogen) atoms. The van der Waals surface area contributed by atoms with E-state index in [1.165, 1.54) is 53.9 Å². The van der Waals surface area contributed by atoms with Gasteiger partial charge in [-0.2, -0.15) is 0 Å². The number of ether oxygens (including phenoxy) is 3. The SMILES string of the molecule is CC1(OC(=O)COc2ccc(COc3ccc([S+](c4ccc(I)cc4)c4ccc(I)cc4)cc3)cc2)C2CC3CC(C2)CC1C3. The van der Waals surface area contributed by atoms with Crippen LogP contribution in [-0.4, -0.2) is 18.2 Å². The van der Waals surface area contributed by atoms with Gasteiger partial charge in [-0.3, -0.25) is 0 Å². The Morgan fingerprint density at radius 1 is 0.667 bits per heavy atom. The molecule has 4 aromatic carbocycles. The Morgan fingerprint density at radius 2 is 1.11 bits per heavy atom. The fourth-order valence-electron chi connectivity index (χ4n) is 7.77. The van der Waals surface area contributed by atoms with Gasteiger partial charge in [0.15, 0.2) is 21.3 Å². The molecular formula is C38H37I2O4S+. The molecule has 4 bridgehead atoms. The molecule has 0 unspecified atom stereocenters. The van der Waals surface area contributed by atoms with E-state index in [2.05, 4.69) is 125 Å². The van der Waals surface area contributed by atoms with Gasteiger partial charge >= 0.3 is 5.97 Å². The first-order chi connectivity index (χ1) is 21.8. The fourth-order valence-corrected chi connectivity index (χ4v) is 10.5. The smallest absolute Gasteiger partial charge is 0.344 e. The minimum atomic E-state index is -0.324. The van der Waals surface area contributed by atoms with Crippen molar-refractivity contribution in [3.63, 3.8) is 0 Å². The zero-order valence-electron chi connectivity index (χ0n) is 25.3. The second-order valence-corrected chi connectivity index (χ2v) is 17.4. The second kappa shape index (κ2) is 13.5. The van der Waals surface area contributed by atoms with Crippen LogP contribution >= 0.6 is 45.2 Å². The third-order valence-corrected chi connectivity index (χ3v) is 13.6. The quantitative estimate of drug-likeness (QED) is 0.0907. The number of rotatable bonds is 10. The van der Waals surface area contributed by atoms with E-state index in [4.69, 9.17) is 14.2 Å². The number of benzene rings is 4. The molecule has 0 spiro atoms. The van der Waals surface area contributed by atoms with Crippen molar-refractivity contribution in [3.8, 4) is 11.5 Å². The Labute approximate surface area is 296 Å². The predicted octanol–water partition coefficient (Wildman–Crippen LogP) is 9.71. The highest BCUT2D eigenvalue weighted by molar-refractivity contribution is 14.1. The first-order valence-corrected chi connectivity index (χ1v) is 19.1. The van der Waals surface area contributed by atoms with E-state index in [9.17, 15) is 4.79 Å². The van der Waals surface area contributed by atoms with Gasteiger partial charge in [-0.15, -0.1) is 0 Å². The molecule has 0 N–H and O–H groups in total. The first kappa shape index (κ1) is 31.4. The van der Waals surface area contributed by atoms with Crippen LogP contribution in [0.25, 0.3) is 0 Å². The summed E-state index contributed by atoms with van der Waals surface area (Å²) in [5.74, 6) is 3.94. The fraction of sp³-hybridized carbons (Fsp3) is 0.342. The first-order valence-electron chi connectivity index (χ1n) is 15.7. The molecule has 0 amide bonds. The largest absolute Gasteiger partial charge is 0.489 e. The Bertz CT molecular complexity index is 1550. The maximum Gasteiger partial charge on any atom is 0.344 e. The van der Waals surface area contributed by atoms with Crippen molar-refractivity contribution in [3.05, 3.63) is 110 Å². The molecule has 4 aliphatic carbocycles. The summed E-state index contributed by atoms with van der Waals surface area (Å²) < 4.78 is 20.6. The van der Waals surface area contributed by atoms with Crippen molar-refractivity contribution >= 4 is 62.0 Å². The van der Waals surface area contributed by atoms with E-state index < -0.39 is 0 Å². The molecule has 4 nitrogen and oxygen atoms in total. The molecule has 7 heteroatoms. The predicted molar refractivity (Wildman–Crippen MR) is 195 cm³/mol. The van der Waals surface area contributed by atoms with E-state index >= 15 is 0 Å². The van der Waals surface area contributed by atoms with E-state index in [1.807, 2.05) is 24.3 Å². The molecule has 232 valence electrons. The minimum Gasteiger partial charge on any atom is -0.489 e. The Morgan fingerprint density at radius 3 is 1.62 bits per heavy atom. The van der Waals surface area contributed by atoms with Gasteiger partial charge in [0.05, 0.1) is 10.9 Å². The van der Waals surface area contributed by atoms with Gasteiger partial charge in [0.1, 0.15) is 23.7 Å². The van der Waals surface area contributed by atoms with Gasteiger partial charge in [-0.25, -0.2) is 4.79 Å². The van der Waals surface area contributed by atoms with Gasteiger partial charge < -0.3 is 14.2 Å². The van der Waals surface area contributed by atoms with Crippen molar-refractivity contribution in [1.29, 1.82) is 0 Å². The second-order valence-electron chi connectivity index (χ2n) is 12.9. The Balaban J connectivity index is 0.931. The van der Waals surface area contributed by atoms with E-state index in [-0.39, 0.29) is 29.1 Å². The number of esters is 1. The summed E-state index contributed by atoms with van der Waals surface area (Å²) in [7, 11) is -0.203. The monoisotopic (exact) mass is 843 g/mol. The van der Waals surface area contributed by atoms with Gasteiger partial charge in [-0.05, 0) is 198 Å². The summed E-state index contributed by atoms with van der Waals surface area (Å²) in [6.45, 7) is 2.56. The van der Waals surface area contributed by atoms with E-state index in [1.54, 1.807) is 0 Å². The number of hydrogen-bond acceptors (Lipinski definition) is 4. The summed E-state index contributed by atoms with van der Waals surface area (Å²) >= 11 is 4.71. The van der Waals surface area contributed by atoms with Crippen molar-refractivity contribution in [2.45, 2.75) is 65.9 Å². The zero-order chi connectivity index (χ0) is 31.0. The van der Waals surface area contributed by atoms with E-state index in [0.717, 1.165) is 23.1 Å². The van der Waals surface area contributed by atoms with Crippen LogP contribution in [0.1, 0.15) is 44.6 Å². The number of carbonyl (C=O) groups excluding carboxylic acids is 1. The number of carbonyl (C=O) groups is 1. The molecule has 0 radical (unpaired) electrons. The van der Waals surface area contributed by atoms with Crippen molar-refractivity contribution in [2.24, 2.45) is 23.7 Å². The third-order valence-electron chi connectivity index (χ3n) is 9.94. The Hall–Kier alpha value is -2.24. The standard InChI is InChI=1S/C38H37I2O4S/c1-38(28-19-26-18-27(21-28)22-29(38)20-26)44-37(41)24-43-32-8-2-25(3-9-32)23-42-33-10-16-36(17-11-33)45(34-12-4-30(39)5-13-34)35-14-6-31(40)7-15-35/h2-17,26-29H,18-24H2,1H3/q+1. The summed E-state index contributed by atoms with van der Waals surface area (Å²) in [4.78, 5) is 16.7. The highest BCUT2D eigenvalue weighted by Gasteiger charge is 2.57. The molecule has 0 heterocycles.